The fourth-order valence-corrected chi connectivity index (χ4v) is 1.94. The Labute approximate surface area is 125 Å². The predicted octanol–water partition coefficient (Wildman–Crippen LogP) is 3.16. The Morgan fingerprint density at radius 3 is 2.29 bits per heavy atom. The van der Waals surface area contributed by atoms with E-state index in [9.17, 15) is 14.7 Å². The summed E-state index contributed by atoms with van der Waals surface area (Å²) in [6.45, 7) is 7.13. The van der Waals surface area contributed by atoms with Gasteiger partial charge in [-0.1, -0.05) is 37.3 Å². The molecule has 2 atom stereocenters. The number of carbonyl (C=O) groups is 2. The van der Waals surface area contributed by atoms with Gasteiger partial charge in [0.05, 0.1) is 0 Å². The fraction of sp³-hybridized carbons (Fsp3) is 0.500. The number of carboxylic acids is 1. The smallest absolute Gasteiger partial charge is 0.408 e. The van der Waals surface area contributed by atoms with E-state index < -0.39 is 23.7 Å². The van der Waals surface area contributed by atoms with Gasteiger partial charge in [0.1, 0.15) is 11.6 Å². The van der Waals surface area contributed by atoms with Crippen molar-refractivity contribution in [1.29, 1.82) is 0 Å². The maximum atomic E-state index is 11.7. The van der Waals surface area contributed by atoms with Crippen molar-refractivity contribution in [3.05, 3.63) is 35.9 Å². The summed E-state index contributed by atoms with van der Waals surface area (Å²) in [5, 5.41) is 11.7. The molecule has 0 aliphatic heterocycles. The summed E-state index contributed by atoms with van der Waals surface area (Å²) in [6.07, 6.45) is -0.409. The van der Waals surface area contributed by atoms with Crippen LogP contribution in [0.1, 0.15) is 45.6 Å². The van der Waals surface area contributed by atoms with Crippen molar-refractivity contribution in [3.8, 4) is 0 Å². The Hall–Kier alpha value is -2.04. The first-order valence-corrected chi connectivity index (χ1v) is 6.96. The molecule has 0 radical (unpaired) electrons. The van der Waals surface area contributed by atoms with Crippen LogP contribution in [0.15, 0.2) is 30.3 Å². The van der Waals surface area contributed by atoms with E-state index in [1.165, 1.54) is 0 Å². The summed E-state index contributed by atoms with van der Waals surface area (Å²) < 4.78 is 5.09. The van der Waals surface area contributed by atoms with Gasteiger partial charge in [-0.15, -0.1) is 0 Å². The van der Waals surface area contributed by atoms with Gasteiger partial charge in [-0.3, -0.25) is 0 Å². The minimum Gasteiger partial charge on any atom is -0.480 e. The molecular formula is C16H23NO4. The van der Waals surface area contributed by atoms with E-state index in [4.69, 9.17) is 4.74 Å². The van der Waals surface area contributed by atoms with Gasteiger partial charge in [0.2, 0.25) is 0 Å². The highest BCUT2D eigenvalue weighted by Gasteiger charge is 2.25. The summed E-state index contributed by atoms with van der Waals surface area (Å²) >= 11 is 0. The standard InChI is InChI=1S/C16H23NO4/c1-11(12-8-6-5-7-9-12)10-13(14(18)19)17-15(20)21-16(2,3)4/h5-9,11,13H,10H2,1-4H3,(H,17,20)(H,18,19)/t11-,13-/m0/s1. The number of hydrogen-bond donors (Lipinski definition) is 2. The highest BCUT2D eigenvalue weighted by atomic mass is 16.6. The molecule has 0 heterocycles. The summed E-state index contributed by atoms with van der Waals surface area (Å²) in [5.41, 5.74) is 0.382. The lowest BCUT2D eigenvalue weighted by atomic mass is 9.94. The van der Waals surface area contributed by atoms with Crippen molar-refractivity contribution in [2.24, 2.45) is 0 Å². The molecule has 1 rings (SSSR count). The molecule has 1 aromatic rings. The molecule has 0 spiro atoms. The molecule has 0 aromatic heterocycles. The third kappa shape index (κ3) is 6.29. The Morgan fingerprint density at radius 1 is 1.24 bits per heavy atom. The largest absolute Gasteiger partial charge is 0.480 e. The van der Waals surface area contributed by atoms with Crippen LogP contribution in [0.2, 0.25) is 0 Å². The second-order valence-corrected chi connectivity index (χ2v) is 6.08. The number of aliphatic carboxylic acids is 1. The predicted molar refractivity (Wildman–Crippen MR) is 80.3 cm³/mol. The number of benzene rings is 1. The Kier molecular flexibility index (Phi) is 5.76. The third-order valence-electron chi connectivity index (χ3n) is 2.95. The first-order valence-electron chi connectivity index (χ1n) is 6.96. The van der Waals surface area contributed by atoms with Crippen LogP contribution in [0, 0.1) is 0 Å². The number of nitrogens with one attached hydrogen (secondary N) is 1. The first-order chi connectivity index (χ1) is 9.69. The Bertz CT molecular complexity index is 479. The van der Waals surface area contributed by atoms with Crippen LogP contribution in [0.5, 0.6) is 0 Å². The van der Waals surface area contributed by atoms with E-state index in [1.807, 2.05) is 37.3 Å². The average molecular weight is 293 g/mol. The van der Waals surface area contributed by atoms with Crippen LogP contribution in [-0.2, 0) is 9.53 Å². The van der Waals surface area contributed by atoms with Crippen LogP contribution >= 0.6 is 0 Å². The van der Waals surface area contributed by atoms with E-state index in [0.29, 0.717) is 6.42 Å². The normalized spacial score (nSPS) is 14.1. The van der Waals surface area contributed by atoms with Crippen LogP contribution in [0.3, 0.4) is 0 Å². The number of hydrogen-bond acceptors (Lipinski definition) is 3. The highest BCUT2D eigenvalue weighted by molar-refractivity contribution is 5.80. The zero-order chi connectivity index (χ0) is 16.0. The van der Waals surface area contributed by atoms with E-state index in [1.54, 1.807) is 20.8 Å². The zero-order valence-corrected chi connectivity index (χ0v) is 12.9. The summed E-state index contributed by atoms with van der Waals surface area (Å²) in [6, 6.07) is 8.62. The van der Waals surface area contributed by atoms with Crippen LogP contribution in [0.4, 0.5) is 4.79 Å². The minimum absolute atomic E-state index is 0.0160. The third-order valence-corrected chi connectivity index (χ3v) is 2.95. The molecule has 1 aromatic carbocycles. The van der Waals surface area contributed by atoms with E-state index in [-0.39, 0.29) is 5.92 Å². The number of alkyl carbamates (subject to hydrolysis) is 1. The van der Waals surface area contributed by atoms with Gasteiger partial charge in [0, 0.05) is 0 Å². The number of ether oxygens (including phenoxy) is 1. The monoisotopic (exact) mass is 293 g/mol. The molecule has 0 bridgehead atoms. The maximum absolute atomic E-state index is 11.7. The lowest BCUT2D eigenvalue weighted by Gasteiger charge is -2.23. The molecule has 0 unspecified atom stereocenters. The van der Waals surface area contributed by atoms with Crippen molar-refractivity contribution in [3.63, 3.8) is 0 Å². The minimum atomic E-state index is -1.07. The first kappa shape index (κ1) is 17.0. The van der Waals surface area contributed by atoms with Crippen molar-refractivity contribution in [1.82, 2.24) is 5.32 Å². The number of carbonyl (C=O) groups excluding carboxylic acids is 1. The topological polar surface area (TPSA) is 75.6 Å². The molecule has 0 saturated carbocycles. The Balaban J connectivity index is 2.66. The molecule has 1 amide bonds. The van der Waals surface area contributed by atoms with Gasteiger partial charge < -0.3 is 15.2 Å². The van der Waals surface area contributed by atoms with Gasteiger partial charge >= 0.3 is 12.1 Å². The lowest BCUT2D eigenvalue weighted by molar-refractivity contribution is -0.139. The zero-order valence-electron chi connectivity index (χ0n) is 12.9. The van der Waals surface area contributed by atoms with Gasteiger partial charge in [0.25, 0.3) is 0 Å². The van der Waals surface area contributed by atoms with Crippen LogP contribution < -0.4 is 5.32 Å². The van der Waals surface area contributed by atoms with Crippen LogP contribution in [-0.4, -0.2) is 28.8 Å². The van der Waals surface area contributed by atoms with E-state index in [2.05, 4.69) is 5.32 Å². The molecule has 116 valence electrons. The molecule has 5 heteroatoms. The number of amides is 1. The summed E-state index contributed by atoms with van der Waals surface area (Å²) in [7, 11) is 0. The van der Waals surface area contributed by atoms with Gasteiger partial charge in [-0.2, -0.15) is 0 Å². The van der Waals surface area contributed by atoms with Crippen LogP contribution in [0.25, 0.3) is 0 Å². The second kappa shape index (κ2) is 7.11. The molecule has 0 saturated heterocycles. The molecule has 5 nitrogen and oxygen atoms in total. The Morgan fingerprint density at radius 2 is 1.81 bits per heavy atom. The van der Waals surface area contributed by atoms with Gasteiger partial charge in [0.15, 0.2) is 0 Å². The second-order valence-electron chi connectivity index (χ2n) is 6.08. The van der Waals surface area contributed by atoms with Gasteiger partial charge in [-0.05, 0) is 38.7 Å². The summed E-state index contributed by atoms with van der Waals surface area (Å²) in [5.74, 6) is -1.05. The SMILES string of the molecule is C[C@@H](C[C@H](NC(=O)OC(C)(C)C)C(=O)O)c1ccccc1. The van der Waals surface area contributed by atoms with Crippen molar-refractivity contribution < 1.29 is 19.4 Å². The van der Waals surface area contributed by atoms with E-state index in [0.717, 1.165) is 5.56 Å². The van der Waals surface area contributed by atoms with Crippen molar-refractivity contribution in [2.45, 2.75) is 51.7 Å². The molecule has 21 heavy (non-hydrogen) atoms. The average Bonchev–Trinajstić information content (AvgIpc) is 2.36. The number of carboxylic acid groups (broad SMARTS) is 1. The van der Waals surface area contributed by atoms with Gasteiger partial charge in [-0.25, -0.2) is 9.59 Å². The van der Waals surface area contributed by atoms with E-state index >= 15 is 0 Å². The molecule has 0 aliphatic carbocycles. The molecule has 0 aliphatic rings. The van der Waals surface area contributed by atoms with Crippen molar-refractivity contribution >= 4 is 12.1 Å². The fourth-order valence-electron chi connectivity index (χ4n) is 1.94. The molecular weight excluding hydrogens is 270 g/mol. The highest BCUT2D eigenvalue weighted by Crippen LogP contribution is 2.20. The maximum Gasteiger partial charge on any atom is 0.408 e. The quantitative estimate of drug-likeness (QED) is 0.874. The molecule has 2 N–H and O–H groups in total. The molecule has 0 fully saturated rings. The lowest BCUT2D eigenvalue weighted by Crippen LogP contribution is -2.44. The number of rotatable bonds is 5. The van der Waals surface area contributed by atoms with Crippen molar-refractivity contribution in [2.75, 3.05) is 0 Å². The summed E-state index contributed by atoms with van der Waals surface area (Å²) in [4.78, 5) is 23.0.